The summed E-state index contributed by atoms with van der Waals surface area (Å²) < 4.78 is 16.6. The average Bonchev–Trinajstić information content (AvgIpc) is 2.63. The molecule has 2 rings (SSSR count). The van der Waals surface area contributed by atoms with Gasteiger partial charge in [-0.1, -0.05) is 0 Å². The van der Waals surface area contributed by atoms with Gasteiger partial charge in [-0.05, 0) is 32.9 Å². The predicted octanol–water partition coefficient (Wildman–Crippen LogP) is 1.94. The fourth-order valence-corrected chi connectivity index (χ4v) is 1.82. The van der Waals surface area contributed by atoms with Crippen molar-refractivity contribution in [2.45, 2.75) is 32.9 Å². The van der Waals surface area contributed by atoms with Crippen molar-refractivity contribution < 1.29 is 18.7 Å². The number of rotatable bonds is 3. The van der Waals surface area contributed by atoms with Crippen molar-refractivity contribution in [2.75, 3.05) is 7.11 Å². The van der Waals surface area contributed by atoms with Crippen molar-refractivity contribution in [2.24, 2.45) is 0 Å². The van der Waals surface area contributed by atoms with Crippen molar-refractivity contribution in [3.8, 4) is 5.75 Å². The Hall–Kier alpha value is -2.24. The van der Waals surface area contributed by atoms with Crippen LogP contribution in [0.5, 0.6) is 5.75 Å². The minimum atomic E-state index is -0.599. The van der Waals surface area contributed by atoms with Gasteiger partial charge in [0.25, 0.3) is 0 Å². The number of esters is 1. The molecule has 6 heteroatoms. The molecule has 0 radical (unpaired) electrons. The second-order valence-electron chi connectivity index (χ2n) is 5.37. The largest absolute Gasteiger partial charge is 0.497 e. The van der Waals surface area contributed by atoms with E-state index >= 15 is 0 Å². The summed E-state index contributed by atoms with van der Waals surface area (Å²) in [6.45, 7) is 5.11. The Morgan fingerprint density at radius 3 is 2.65 bits per heavy atom. The molecule has 0 saturated carbocycles. The second kappa shape index (κ2) is 5.03. The van der Waals surface area contributed by atoms with Crippen LogP contribution in [0.2, 0.25) is 0 Å². The molecule has 0 spiro atoms. The molecule has 0 amide bonds. The molecule has 1 aromatic heterocycles. The van der Waals surface area contributed by atoms with E-state index < -0.39 is 17.3 Å². The third-order valence-electron chi connectivity index (χ3n) is 2.58. The van der Waals surface area contributed by atoms with Crippen LogP contribution in [-0.2, 0) is 16.1 Å². The summed E-state index contributed by atoms with van der Waals surface area (Å²) in [5.74, 6) is -0.513. The molecular weight excluding hydrogens is 262 g/mol. The van der Waals surface area contributed by atoms with Crippen LogP contribution in [0.3, 0.4) is 0 Å². The third-order valence-corrected chi connectivity index (χ3v) is 2.58. The molecule has 0 bridgehead atoms. The van der Waals surface area contributed by atoms with Gasteiger partial charge in [0, 0.05) is 6.07 Å². The van der Waals surface area contributed by atoms with E-state index in [9.17, 15) is 9.59 Å². The molecule has 0 saturated heterocycles. The third kappa shape index (κ3) is 3.01. The van der Waals surface area contributed by atoms with E-state index in [2.05, 4.69) is 0 Å². The summed E-state index contributed by atoms with van der Waals surface area (Å²) >= 11 is 0. The molecule has 0 aliphatic heterocycles. The van der Waals surface area contributed by atoms with Crippen molar-refractivity contribution in [1.29, 1.82) is 0 Å². The van der Waals surface area contributed by atoms with E-state index in [-0.39, 0.29) is 6.54 Å². The Morgan fingerprint density at radius 1 is 1.35 bits per heavy atom. The van der Waals surface area contributed by atoms with E-state index in [0.717, 1.165) is 0 Å². The van der Waals surface area contributed by atoms with Crippen LogP contribution in [0.4, 0.5) is 0 Å². The van der Waals surface area contributed by atoms with Crippen LogP contribution in [0, 0.1) is 0 Å². The lowest BCUT2D eigenvalue weighted by atomic mass is 10.2. The molecule has 0 atom stereocenters. The maximum Gasteiger partial charge on any atom is 0.420 e. The van der Waals surface area contributed by atoms with Gasteiger partial charge in [0.05, 0.1) is 12.6 Å². The molecular formula is C14H17NO5. The normalized spacial score (nSPS) is 11.6. The maximum absolute atomic E-state index is 11.8. The Morgan fingerprint density at radius 2 is 2.05 bits per heavy atom. The molecule has 1 heterocycles. The second-order valence-corrected chi connectivity index (χ2v) is 5.37. The van der Waals surface area contributed by atoms with Crippen molar-refractivity contribution >= 4 is 17.1 Å². The topological polar surface area (TPSA) is 70.7 Å². The fraction of sp³-hybridized carbons (Fsp3) is 0.429. The molecule has 0 unspecified atom stereocenters. The first-order valence-electron chi connectivity index (χ1n) is 6.19. The van der Waals surface area contributed by atoms with Gasteiger partial charge in [-0.15, -0.1) is 0 Å². The lowest BCUT2D eigenvalue weighted by molar-refractivity contribution is -0.155. The molecule has 0 aliphatic carbocycles. The summed E-state index contributed by atoms with van der Waals surface area (Å²) in [6.07, 6.45) is 0. The molecule has 20 heavy (non-hydrogen) atoms. The van der Waals surface area contributed by atoms with Crippen LogP contribution in [0.1, 0.15) is 20.8 Å². The number of methoxy groups -OCH3 is 1. The number of nitrogens with zero attached hydrogens (tertiary/aromatic N) is 1. The zero-order chi connectivity index (χ0) is 14.9. The van der Waals surface area contributed by atoms with Gasteiger partial charge in [0.1, 0.15) is 17.9 Å². The zero-order valence-corrected chi connectivity index (χ0v) is 11.9. The number of carbonyl (C=O) groups excluding carboxylic acids is 1. The Balaban J connectivity index is 2.36. The summed E-state index contributed by atoms with van der Waals surface area (Å²) in [4.78, 5) is 23.6. The van der Waals surface area contributed by atoms with E-state index in [0.29, 0.717) is 16.8 Å². The molecule has 0 fully saturated rings. The minimum Gasteiger partial charge on any atom is -0.497 e. The molecule has 0 N–H and O–H groups in total. The van der Waals surface area contributed by atoms with Crippen LogP contribution >= 0.6 is 0 Å². The van der Waals surface area contributed by atoms with Crippen molar-refractivity contribution in [3.05, 3.63) is 28.7 Å². The number of hydrogen-bond donors (Lipinski definition) is 0. The summed E-state index contributed by atoms with van der Waals surface area (Å²) in [5.41, 5.74) is 0.303. The van der Waals surface area contributed by atoms with Crippen LogP contribution in [-0.4, -0.2) is 23.2 Å². The number of aromatic nitrogens is 1. The Bertz CT molecular complexity index is 690. The number of ether oxygens (including phenoxy) is 2. The minimum absolute atomic E-state index is 0.198. The maximum atomic E-state index is 11.8. The number of carbonyl (C=O) groups is 1. The smallest absolute Gasteiger partial charge is 0.420 e. The average molecular weight is 279 g/mol. The fourth-order valence-electron chi connectivity index (χ4n) is 1.82. The van der Waals surface area contributed by atoms with Gasteiger partial charge < -0.3 is 13.9 Å². The molecule has 0 aliphatic rings. The standard InChI is InChI=1S/C14H17NO5/c1-14(2,3)20-12(16)8-15-10-7-9(18-4)5-6-11(10)19-13(15)17/h5-7H,8H2,1-4H3. The highest BCUT2D eigenvalue weighted by Crippen LogP contribution is 2.20. The highest BCUT2D eigenvalue weighted by molar-refractivity contribution is 5.78. The van der Waals surface area contributed by atoms with E-state index in [1.54, 1.807) is 39.0 Å². The van der Waals surface area contributed by atoms with Crippen molar-refractivity contribution in [3.63, 3.8) is 0 Å². The number of oxazole rings is 1. The lowest BCUT2D eigenvalue weighted by Gasteiger charge is -2.19. The van der Waals surface area contributed by atoms with Gasteiger partial charge in [-0.2, -0.15) is 0 Å². The molecule has 108 valence electrons. The highest BCUT2D eigenvalue weighted by atomic mass is 16.6. The van der Waals surface area contributed by atoms with Gasteiger partial charge in [0.15, 0.2) is 5.58 Å². The molecule has 2 aromatic rings. The molecule has 6 nitrogen and oxygen atoms in total. The lowest BCUT2D eigenvalue weighted by Crippen LogP contribution is -2.29. The number of fused-ring (bicyclic) bond motifs is 1. The quantitative estimate of drug-likeness (QED) is 0.803. The first-order valence-corrected chi connectivity index (χ1v) is 6.19. The van der Waals surface area contributed by atoms with E-state index in [1.165, 1.54) is 11.7 Å². The summed E-state index contributed by atoms with van der Waals surface area (Å²) in [7, 11) is 1.53. The SMILES string of the molecule is COc1ccc2oc(=O)n(CC(=O)OC(C)(C)C)c2c1. The van der Waals surface area contributed by atoms with E-state index in [1.807, 2.05) is 0 Å². The van der Waals surface area contributed by atoms with Crippen LogP contribution in [0.15, 0.2) is 27.4 Å². The van der Waals surface area contributed by atoms with E-state index in [4.69, 9.17) is 13.9 Å². The number of benzene rings is 1. The zero-order valence-electron chi connectivity index (χ0n) is 11.9. The highest BCUT2D eigenvalue weighted by Gasteiger charge is 2.19. The van der Waals surface area contributed by atoms with Crippen LogP contribution in [0.25, 0.3) is 11.1 Å². The first-order chi connectivity index (χ1) is 9.30. The summed E-state index contributed by atoms with van der Waals surface area (Å²) in [5, 5.41) is 0. The van der Waals surface area contributed by atoms with Gasteiger partial charge in [0.2, 0.25) is 0 Å². The Labute approximate surface area is 115 Å². The summed E-state index contributed by atoms with van der Waals surface area (Å²) in [6, 6.07) is 4.95. The van der Waals surface area contributed by atoms with Gasteiger partial charge in [-0.25, -0.2) is 4.79 Å². The molecule has 1 aromatic carbocycles. The number of hydrogen-bond acceptors (Lipinski definition) is 5. The van der Waals surface area contributed by atoms with Gasteiger partial charge in [-0.3, -0.25) is 9.36 Å². The van der Waals surface area contributed by atoms with Crippen molar-refractivity contribution in [1.82, 2.24) is 4.57 Å². The Kier molecular flexibility index (Phi) is 3.57. The van der Waals surface area contributed by atoms with Crippen LogP contribution < -0.4 is 10.5 Å². The first kappa shape index (κ1) is 14.2. The predicted molar refractivity (Wildman–Crippen MR) is 72.9 cm³/mol. The van der Waals surface area contributed by atoms with Gasteiger partial charge >= 0.3 is 11.7 Å². The monoisotopic (exact) mass is 279 g/mol.